The average molecular weight is 265 g/mol. The lowest BCUT2D eigenvalue weighted by molar-refractivity contribution is 0.203. The molecule has 0 heterocycles. The lowest BCUT2D eigenvalue weighted by Gasteiger charge is -2.36. The normalized spacial score (nSPS) is 36.6. The van der Waals surface area contributed by atoms with E-state index in [4.69, 9.17) is 0 Å². The van der Waals surface area contributed by atoms with Crippen molar-refractivity contribution in [2.75, 3.05) is 0 Å². The highest BCUT2D eigenvalue weighted by molar-refractivity contribution is 4.84. The van der Waals surface area contributed by atoms with E-state index in [1.807, 2.05) is 0 Å². The molecular weight excluding hydrogens is 230 g/mol. The van der Waals surface area contributed by atoms with Gasteiger partial charge in [-0.15, -0.1) is 0 Å². The molecule has 1 heteroatoms. The summed E-state index contributed by atoms with van der Waals surface area (Å²) in [4.78, 5) is 0. The van der Waals surface area contributed by atoms with Crippen LogP contribution in [0.1, 0.15) is 85.0 Å². The second-order valence-corrected chi connectivity index (χ2v) is 7.53. The molecule has 0 bridgehead atoms. The van der Waals surface area contributed by atoms with Gasteiger partial charge in [-0.25, -0.2) is 0 Å². The topological polar surface area (TPSA) is 12.0 Å². The van der Waals surface area contributed by atoms with Crippen LogP contribution in [0.15, 0.2) is 0 Å². The van der Waals surface area contributed by atoms with Gasteiger partial charge in [-0.2, -0.15) is 0 Å². The third-order valence-corrected chi connectivity index (χ3v) is 5.73. The summed E-state index contributed by atoms with van der Waals surface area (Å²) in [5, 5.41) is 3.98. The van der Waals surface area contributed by atoms with E-state index < -0.39 is 0 Å². The summed E-state index contributed by atoms with van der Waals surface area (Å²) >= 11 is 0. The quantitative estimate of drug-likeness (QED) is 0.725. The smallest absolute Gasteiger partial charge is 0.00698 e. The van der Waals surface area contributed by atoms with Crippen LogP contribution in [-0.4, -0.2) is 12.1 Å². The van der Waals surface area contributed by atoms with Crippen LogP contribution in [0.25, 0.3) is 0 Å². The fourth-order valence-electron chi connectivity index (χ4n) is 4.31. The van der Waals surface area contributed by atoms with E-state index in [1.54, 1.807) is 0 Å². The molecule has 1 nitrogen and oxygen atoms in total. The maximum atomic E-state index is 3.98. The van der Waals surface area contributed by atoms with Crippen molar-refractivity contribution in [3.05, 3.63) is 0 Å². The Morgan fingerprint density at radius 1 is 0.842 bits per heavy atom. The van der Waals surface area contributed by atoms with E-state index in [0.717, 1.165) is 29.8 Å². The summed E-state index contributed by atoms with van der Waals surface area (Å²) in [6.45, 7) is 7.12. The van der Waals surface area contributed by atoms with Crippen LogP contribution in [0.5, 0.6) is 0 Å². The van der Waals surface area contributed by atoms with Gasteiger partial charge < -0.3 is 5.32 Å². The molecule has 112 valence electrons. The van der Waals surface area contributed by atoms with E-state index in [1.165, 1.54) is 64.2 Å². The molecule has 0 aromatic heterocycles. The van der Waals surface area contributed by atoms with Crippen molar-refractivity contribution in [2.45, 2.75) is 97.1 Å². The molecule has 0 atom stereocenters. The van der Waals surface area contributed by atoms with Crippen molar-refractivity contribution in [2.24, 2.45) is 17.8 Å². The monoisotopic (exact) mass is 265 g/mol. The molecule has 0 saturated heterocycles. The van der Waals surface area contributed by atoms with Crippen LogP contribution in [-0.2, 0) is 0 Å². The van der Waals surface area contributed by atoms with Crippen molar-refractivity contribution in [1.29, 1.82) is 0 Å². The molecule has 2 saturated carbocycles. The van der Waals surface area contributed by atoms with Gasteiger partial charge >= 0.3 is 0 Å². The van der Waals surface area contributed by atoms with Crippen LogP contribution in [0.2, 0.25) is 0 Å². The van der Waals surface area contributed by atoms with Gasteiger partial charge in [0.25, 0.3) is 0 Å². The number of hydrogen-bond acceptors (Lipinski definition) is 1. The Hall–Kier alpha value is -0.0400. The van der Waals surface area contributed by atoms with E-state index in [-0.39, 0.29) is 0 Å². The van der Waals surface area contributed by atoms with Crippen molar-refractivity contribution in [3.8, 4) is 0 Å². The molecule has 1 N–H and O–H groups in total. The zero-order valence-corrected chi connectivity index (χ0v) is 13.5. The second-order valence-electron chi connectivity index (χ2n) is 7.53. The third kappa shape index (κ3) is 4.77. The number of nitrogens with one attached hydrogen (secondary N) is 1. The second kappa shape index (κ2) is 7.67. The van der Waals surface area contributed by atoms with Crippen molar-refractivity contribution >= 4 is 0 Å². The molecule has 0 spiro atoms. The van der Waals surface area contributed by atoms with Crippen molar-refractivity contribution in [1.82, 2.24) is 5.32 Å². The molecule has 0 radical (unpaired) electrons. The van der Waals surface area contributed by atoms with Gasteiger partial charge in [0, 0.05) is 12.1 Å². The van der Waals surface area contributed by atoms with Crippen LogP contribution >= 0.6 is 0 Å². The van der Waals surface area contributed by atoms with Crippen LogP contribution in [0.4, 0.5) is 0 Å². The van der Waals surface area contributed by atoms with Gasteiger partial charge in [0.1, 0.15) is 0 Å². The average Bonchev–Trinajstić information content (AvgIpc) is 2.42. The van der Waals surface area contributed by atoms with Crippen LogP contribution < -0.4 is 5.32 Å². The highest BCUT2D eigenvalue weighted by Crippen LogP contribution is 2.32. The van der Waals surface area contributed by atoms with Gasteiger partial charge in [0.2, 0.25) is 0 Å². The summed E-state index contributed by atoms with van der Waals surface area (Å²) in [5.41, 5.74) is 0. The lowest BCUT2D eigenvalue weighted by atomic mass is 9.78. The highest BCUT2D eigenvalue weighted by atomic mass is 15.0. The lowest BCUT2D eigenvalue weighted by Crippen LogP contribution is -2.42. The molecule has 2 fully saturated rings. The predicted molar refractivity (Wildman–Crippen MR) is 84.4 cm³/mol. The minimum atomic E-state index is 0.836. The maximum Gasteiger partial charge on any atom is 0.00698 e. The molecule has 0 unspecified atom stereocenters. The van der Waals surface area contributed by atoms with Gasteiger partial charge in [0.15, 0.2) is 0 Å². The summed E-state index contributed by atoms with van der Waals surface area (Å²) in [6, 6.07) is 1.68. The SMILES string of the molecule is CCCC1CCC(NC2CCC(C(C)C)CC2)CC1. The predicted octanol–water partition coefficient (Wildman–Crippen LogP) is 5.15. The van der Waals surface area contributed by atoms with Gasteiger partial charge in [0.05, 0.1) is 0 Å². The van der Waals surface area contributed by atoms with Crippen LogP contribution in [0.3, 0.4) is 0 Å². The number of hydrogen-bond donors (Lipinski definition) is 1. The molecule has 2 aliphatic carbocycles. The Morgan fingerprint density at radius 3 is 1.84 bits per heavy atom. The highest BCUT2D eigenvalue weighted by Gasteiger charge is 2.26. The summed E-state index contributed by atoms with van der Waals surface area (Å²) < 4.78 is 0. The molecule has 0 aromatic carbocycles. The Bertz CT molecular complexity index is 232. The molecule has 2 rings (SSSR count). The fourth-order valence-corrected chi connectivity index (χ4v) is 4.31. The minimum Gasteiger partial charge on any atom is -0.311 e. The summed E-state index contributed by atoms with van der Waals surface area (Å²) in [6.07, 6.45) is 14.5. The molecule has 0 aliphatic heterocycles. The molecule has 0 aromatic rings. The minimum absolute atomic E-state index is 0.836. The molecule has 19 heavy (non-hydrogen) atoms. The zero-order chi connectivity index (χ0) is 13.7. The molecule has 0 amide bonds. The largest absolute Gasteiger partial charge is 0.311 e. The Morgan fingerprint density at radius 2 is 1.37 bits per heavy atom. The van der Waals surface area contributed by atoms with E-state index in [9.17, 15) is 0 Å². The van der Waals surface area contributed by atoms with Crippen LogP contribution in [0, 0.1) is 17.8 Å². The summed E-state index contributed by atoms with van der Waals surface area (Å²) in [7, 11) is 0. The van der Waals surface area contributed by atoms with Crippen molar-refractivity contribution < 1.29 is 0 Å². The zero-order valence-electron chi connectivity index (χ0n) is 13.5. The standard InChI is InChI=1S/C18H35N/c1-4-5-15-6-10-17(11-7-15)19-18-12-8-16(9-13-18)14(2)3/h14-19H,4-13H2,1-3H3. The van der Waals surface area contributed by atoms with Gasteiger partial charge in [-0.1, -0.05) is 33.6 Å². The first-order valence-electron chi connectivity index (χ1n) is 8.95. The first-order chi connectivity index (χ1) is 9.19. The van der Waals surface area contributed by atoms with E-state index >= 15 is 0 Å². The third-order valence-electron chi connectivity index (χ3n) is 5.73. The van der Waals surface area contributed by atoms with Gasteiger partial charge in [-0.3, -0.25) is 0 Å². The summed E-state index contributed by atoms with van der Waals surface area (Å²) in [5.74, 6) is 2.93. The van der Waals surface area contributed by atoms with E-state index in [2.05, 4.69) is 26.1 Å². The molecule has 2 aliphatic rings. The number of rotatable bonds is 5. The van der Waals surface area contributed by atoms with E-state index in [0.29, 0.717) is 0 Å². The maximum absolute atomic E-state index is 3.98. The Labute approximate surface area is 120 Å². The fraction of sp³-hybridized carbons (Fsp3) is 1.00. The first-order valence-corrected chi connectivity index (χ1v) is 8.95. The molecular formula is C18H35N. The Balaban J connectivity index is 1.64. The van der Waals surface area contributed by atoms with Gasteiger partial charge in [-0.05, 0) is 69.1 Å². The Kier molecular flexibility index (Phi) is 6.19. The van der Waals surface area contributed by atoms with Crippen molar-refractivity contribution in [3.63, 3.8) is 0 Å². The first kappa shape index (κ1) is 15.4.